The van der Waals surface area contributed by atoms with E-state index in [1.54, 1.807) is 0 Å². The molecule has 0 aliphatic heterocycles. The van der Waals surface area contributed by atoms with Gasteiger partial charge in [-0.25, -0.2) is 0 Å². The molecule has 10 heavy (non-hydrogen) atoms. The van der Waals surface area contributed by atoms with E-state index in [4.69, 9.17) is 27.9 Å². The first-order valence-corrected chi connectivity index (χ1v) is 9.47. The second-order valence-electron chi connectivity index (χ2n) is 1.64. The number of hydrogen-bond donors (Lipinski definition) is 3. The van der Waals surface area contributed by atoms with Crippen LogP contribution < -0.4 is 4.48 Å². The molecule has 7 heteroatoms. The first-order valence-electron chi connectivity index (χ1n) is 2.64. The minimum absolute atomic E-state index is 0. The van der Waals surface area contributed by atoms with Crippen LogP contribution in [-0.2, 0) is 19.1 Å². The summed E-state index contributed by atoms with van der Waals surface area (Å²) in [4.78, 5) is 0. The molecule has 0 bridgehead atoms. The van der Waals surface area contributed by atoms with Gasteiger partial charge < -0.3 is 0 Å². The van der Waals surface area contributed by atoms with E-state index >= 15 is 0 Å². The van der Waals surface area contributed by atoms with Crippen LogP contribution in [0.25, 0.3) is 0 Å². The monoisotopic (exact) mass is 242 g/mol. The maximum absolute atomic E-state index is 8.65. The Morgan fingerprint density at radius 1 is 1.70 bits per heavy atom. The van der Waals surface area contributed by atoms with E-state index in [1.807, 2.05) is 0 Å². The summed E-state index contributed by atoms with van der Waals surface area (Å²) in [5.41, 5.74) is 0. The summed E-state index contributed by atoms with van der Waals surface area (Å²) in [6.45, 7) is -0.258. The molecule has 0 aromatic heterocycles. The third-order valence-corrected chi connectivity index (χ3v) is 2.83. The van der Waals surface area contributed by atoms with Crippen molar-refractivity contribution in [3.8, 4) is 0 Å². The van der Waals surface area contributed by atoms with Crippen LogP contribution in [0, 0.1) is 0 Å². The molecule has 4 N–H and O–H groups in total. The van der Waals surface area contributed by atoms with Crippen molar-refractivity contribution in [2.45, 2.75) is 6.10 Å². The Kier molecular flexibility index (Phi) is 11.1. The first kappa shape index (κ1) is 13.6. The molecular formula is C3H10Cl2NO3Zn. The van der Waals surface area contributed by atoms with Gasteiger partial charge in [-0.1, -0.05) is 0 Å². The van der Waals surface area contributed by atoms with Crippen LogP contribution in [0.1, 0.15) is 0 Å². The molecule has 0 radical (unpaired) electrons. The summed E-state index contributed by atoms with van der Waals surface area (Å²) in [6, 6.07) is 0. The van der Waals surface area contributed by atoms with E-state index in [0.717, 1.165) is 0 Å². The van der Waals surface area contributed by atoms with Crippen molar-refractivity contribution >= 4 is 22.1 Å². The van der Waals surface area contributed by atoms with Crippen LogP contribution in [0.4, 0.5) is 0 Å². The van der Waals surface area contributed by atoms with Crippen molar-refractivity contribution < 1.29 is 29.3 Å². The minimum atomic E-state index is -2.60. The molecule has 0 amide bonds. The number of halogens is 2. The van der Waals surface area contributed by atoms with E-state index in [1.165, 1.54) is 0 Å². The Hall–Kier alpha value is 1.04. The van der Waals surface area contributed by atoms with Crippen molar-refractivity contribution in [3.63, 3.8) is 0 Å². The van der Waals surface area contributed by atoms with Gasteiger partial charge in [0.25, 0.3) is 0 Å². The normalized spacial score (nSPS) is 12.0. The summed E-state index contributed by atoms with van der Waals surface area (Å²) < 4.78 is 9.89. The summed E-state index contributed by atoms with van der Waals surface area (Å²) in [7, 11) is 5.35. The zero-order valence-electron chi connectivity index (χ0n) is 5.36. The molecule has 0 heterocycles. The number of aliphatic hydroxyl groups is 2. The molecule has 0 saturated heterocycles. The predicted octanol–water partition coefficient (Wildman–Crippen LogP) is -0.661. The second-order valence-corrected chi connectivity index (χ2v) is 7.04. The maximum atomic E-state index is 8.65. The topological polar surface area (TPSA) is 75.7 Å². The van der Waals surface area contributed by atoms with E-state index < -0.39 is 21.7 Å². The number of nitrogens with two attached hydrogens (primary N) is 1. The average molecular weight is 244 g/mol. The van der Waals surface area contributed by atoms with E-state index in [9.17, 15) is 0 Å². The van der Waals surface area contributed by atoms with Gasteiger partial charge in [0.05, 0.1) is 0 Å². The number of hydrogen-bond acceptors (Lipinski definition) is 4. The Labute approximate surface area is 75.3 Å². The van der Waals surface area contributed by atoms with Crippen LogP contribution >= 0.6 is 22.1 Å². The Morgan fingerprint density at radius 3 is 2.50 bits per heavy atom. The van der Waals surface area contributed by atoms with E-state index in [0.29, 0.717) is 0 Å². The fraction of sp³-hybridized carbons (Fsp3) is 1.00. The molecule has 0 aromatic rings. The molecule has 0 aliphatic rings. The number of rotatable bonds is 4. The summed E-state index contributed by atoms with van der Waals surface area (Å²) >= 11 is -2.60. The zero-order valence-corrected chi connectivity index (χ0v) is 9.90. The van der Waals surface area contributed by atoms with Crippen LogP contribution in [0.2, 0.25) is 0 Å². The molecule has 0 rings (SSSR count). The molecule has 0 aliphatic carbocycles. The van der Waals surface area contributed by atoms with Crippen molar-refractivity contribution in [3.05, 3.63) is 0 Å². The first-order chi connectivity index (χ1) is 4.16. The van der Waals surface area contributed by atoms with Crippen LogP contribution in [-0.4, -0.2) is 29.5 Å². The van der Waals surface area contributed by atoms with Crippen molar-refractivity contribution in [2.75, 3.05) is 13.2 Å². The SMILES string of the molecule is Cl.[NH2][Zn]([Cl])[O]CC(O)CO. The summed E-state index contributed by atoms with van der Waals surface area (Å²) in [5.74, 6) is 0. The summed E-state index contributed by atoms with van der Waals surface area (Å²) in [6.07, 6.45) is -0.842. The van der Waals surface area contributed by atoms with Gasteiger partial charge in [-0.15, -0.1) is 12.4 Å². The van der Waals surface area contributed by atoms with Crippen LogP contribution in [0.3, 0.4) is 0 Å². The third-order valence-electron chi connectivity index (χ3n) is 0.716. The van der Waals surface area contributed by atoms with Gasteiger partial charge in [0.15, 0.2) is 0 Å². The molecule has 4 nitrogen and oxygen atoms in total. The predicted molar refractivity (Wildman–Crippen MR) is 36.3 cm³/mol. The molecule has 0 aromatic carbocycles. The van der Waals surface area contributed by atoms with Gasteiger partial charge in [-0.05, 0) is 0 Å². The number of aliphatic hydroxyl groups excluding tert-OH is 2. The molecule has 1 atom stereocenters. The Bertz CT molecular complexity index is 76.8. The van der Waals surface area contributed by atoms with E-state index in [-0.39, 0.29) is 25.6 Å². The fourth-order valence-corrected chi connectivity index (χ4v) is 1.81. The zero-order chi connectivity index (χ0) is 7.28. The molecule has 0 saturated carbocycles. The summed E-state index contributed by atoms with van der Waals surface area (Å²) in [5, 5.41) is 16.9. The quantitative estimate of drug-likeness (QED) is 0.574. The Balaban J connectivity index is 0. The third kappa shape index (κ3) is 9.04. The molecule has 1 unspecified atom stereocenters. The molecular weight excluding hydrogens is 234 g/mol. The van der Waals surface area contributed by atoms with Gasteiger partial charge in [0.2, 0.25) is 0 Å². The van der Waals surface area contributed by atoms with Gasteiger partial charge in [0.1, 0.15) is 0 Å². The van der Waals surface area contributed by atoms with Crippen LogP contribution in [0.15, 0.2) is 0 Å². The Morgan fingerprint density at radius 2 is 2.20 bits per heavy atom. The molecule has 61 valence electrons. The van der Waals surface area contributed by atoms with E-state index in [2.05, 4.69) is 0 Å². The van der Waals surface area contributed by atoms with Gasteiger partial charge in [-0.2, -0.15) is 0 Å². The molecule has 0 spiro atoms. The fourth-order valence-electron chi connectivity index (χ4n) is 0.301. The van der Waals surface area contributed by atoms with Gasteiger partial charge in [0, 0.05) is 0 Å². The van der Waals surface area contributed by atoms with Crippen LogP contribution in [0.5, 0.6) is 0 Å². The van der Waals surface area contributed by atoms with Gasteiger partial charge >= 0.3 is 62.8 Å². The molecule has 0 fully saturated rings. The van der Waals surface area contributed by atoms with Crippen molar-refractivity contribution in [1.82, 2.24) is 0 Å². The average Bonchev–Trinajstić information content (AvgIpc) is 1.83. The van der Waals surface area contributed by atoms with Crippen molar-refractivity contribution in [1.29, 1.82) is 0 Å². The standard InChI is InChI=1S/C3H7O3.2ClH.H2N.Zn/c4-1-3(6)2-5;;;;/h3-4,6H,1-2H2;2*1H;1H2;/q-1;;;-1;+3/p-1. The second kappa shape index (κ2) is 8.14. The van der Waals surface area contributed by atoms with Gasteiger partial charge in [-0.3, -0.25) is 0 Å². The van der Waals surface area contributed by atoms with Crippen molar-refractivity contribution in [2.24, 2.45) is 4.48 Å².